The van der Waals surface area contributed by atoms with Gasteiger partial charge in [0.1, 0.15) is 5.75 Å². The highest BCUT2D eigenvalue weighted by Crippen LogP contribution is 2.24. The molecule has 1 aromatic carbocycles. The normalized spacial score (nSPS) is 20.7. The average Bonchev–Trinajstić information content (AvgIpc) is 3.00. The molecule has 1 aliphatic heterocycles. The Bertz CT molecular complexity index is 725. The predicted octanol–water partition coefficient (Wildman–Crippen LogP) is 4.40. The van der Waals surface area contributed by atoms with Crippen LogP contribution in [0, 0.1) is 11.8 Å². The van der Waals surface area contributed by atoms with Crippen molar-refractivity contribution >= 4 is 38.3 Å². The molecular weight excluding hydrogens is 414 g/mol. The van der Waals surface area contributed by atoms with E-state index in [9.17, 15) is 4.79 Å². The number of benzene rings is 1. The first kappa shape index (κ1) is 19.3. The minimum absolute atomic E-state index is 0.0301. The van der Waals surface area contributed by atoms with E-state index in [1.165, 1.54) is 17.8 Å². The molecule has 0 spiro atoms. The number of ether oxygens (including phenoxy) is 1. The Morgan fingerprint density at radius 3 is 2.69 bits per heavy atom. The van der Waals surface area contributed by atoms with E-state index < -0.39 is 0 Å². The Morgan fingerprint density at radius 1 is 1.31 bits per heavy atom. The summed E-state index contributed by atoms with van der Waals surface area (Å²) in [5.41, 5.74) is 1.01. The van der Waals surface area contributed by atoms with Crippen molar-refractivity contribution in [1.82, 2.24) is 9.88 Å². The lowest BCUT2D eigenvalue weighted by Gasteiger charge is -2.34. The maximum atomic E-state index is 12.0. The van der Waals surface area contributed by atoms with Gasteiger partial charge >= 0.3 is 0 Å². The van der Waals surface area contributed by atoms with Crippen molar-refractivity contribution in [1.29, 1.82) is 0 Å². The number of hydrogen-bond acceptors (Lipinski definition) is 5. The van der Waals surface area contributed by atoms with Gasteiger partial charge in [0.15, 0.2) is 11.7 Å². The summed E-state index contributed by atoms with van der Waals surface area (Å²) in [6.45, 7) is 7.66. The van der Waals surface area contributed by atoms with Crippen LogP contribution in [0.5, 0.6) is 5.75 Å². The summed E-state index contributed by atoms with van der Waals surface area (Å²) >= 11 is 4.83. The van der Waals surface area contributed by atoms with Crippen molar-refractivity contribution in [3.63, 3.8) is 0 Å². The van der Waals surface area contributed by atoms with Crippen LogP contribution in [0.1, 0.15) is 26.0 Å². The molecule has 0 aliphatic carbocycles. The second-order valence-electron chi connectivity index (χ2n) is 7.07. The quantitative estimate of drug-likeness (QED) is 0.727. The number of piperidine rings is 1. The zero-order chi connectivity index (χ0) is 18.5. The van der Waals surface area contributed by atoms with Gasteiger partial charge < -0.3 is 4.74 Å². The van der Waals surface area contributed by atoms with Gasteiger partial charge in [-0.25, -0.2) is 4.98 Å². The number of halogens is 1. The molecule has 26 heavy (non-hydrogen) atoms. The van der Waals surface area contributed by atoms with E-state index in [-0.39, 0.29) is 12.5 Å². The molecule has 0 radical (unpaired) electrons. The molecule has 5 nitrogen and oxygen atoms in total. The lowest BCUT2D eigenvalue weighted by Crippen LogP contribution is -2.38. The average molecular weight is 438 g/mol. The third-order valence-corrected chi connectivity index (χ3v) is 5.65. The summed E-state index contributed by atoms with van der Waals surface area (Å²) in [4.78, 5) is 19.0. The van der Waals surface area contributed by atoms with Gasteiger partial charge in [-0.3, -0.25) is 15.0 Å². The van der Waals surface area contributed by atoms with Crippen molar-refractivity contribution in [2.75, 3.05) is 25.0 Å². The maximum Gasteiger partial charge on any atom is 0.264 e. The van der Waals surface area contributed by atoms with Crippen molar-refractivity contribution in [2.24, 2.45) is 11.8 Å². The van der Waals surface area contributed by atoms with Gasteiger partial charge in [0.2, 0.25) is 0 Å². The maximum absolute atomic E-state index is 12.0. The van der Waals surface area contributed by atoms with Crippen LogP contribution in [0.3, 0.4) is 0 Å². The van der Waals surface area contributed by atoms with Crippen molar-refractivity contribution < 1.29 is 9.53 Å². The molecule has 1 aliphatic rings. The summed E-state index contributed by atoms with van der Waals surface area (Å²) in [5, 5.41) is 5.46. The van der Waals surface area contributed by atoms with Gasteiger partial charge in [-0.05, 0) is 42.5 Å². The van der Waals surface area contributed by atoms with Gasteiger partial charge in [-0.15, -0.1) is 11.3 Å². The number of amides is 1. The predicted molar refractivity (Wildman–Crippen MR) is 109 cm³/mol. The van der Waals surface area contributed by atoms with Crippen molar-refractivity contribution in [2.45, 2.75) is 26.8 Å². The molecule has 1 saturated heterocycles. The van der Waals surface area contributed by atoms with Crippen LogP contribution in [-0.4, -0.2) is 35.5 Å². The first-order chi connectivity index (χ1) is 12.5. The molecular formula is C19H24BrN3O2S. The Morgan fingerprint density at radius 2 is 2.00 bits per heavy atom. The summed E-state index contributed by atoms with van der Waals surface area (Å²) in [6.07, 6.45) is 1.30. The Hall–Kier alpha value is -1.44. The van der Waals surface area contributed by atoms with Gasteiger partial charge in [0.05, 0.1) is 5.69 Å². The lowest BCUT2D eigenvalue weighted by atomic mass is 9.92. The Kier molecular flexibility index (Phi) is 6.67. The first-order valence-electron chi connectivity index (χ1n) is 8.83. The summed E-state index contributed by atoms with van der Waals surface area (Å²) in [6, 6.07) is 7.39. The fourth-order valence-electron chi connectivity index (χ4n) is 3.42. The fraction of sp³-hybridized carbons (Fsp3) is 0.474. The number of hydrogen-bond donors (Lipinski definition) is 1. The largest absolute Gasteiger partial charge is 0.484 e. The van der Waals surface area contributed by atoms with E-state index in [0.717, 1.165) is 41.6 Å². The third kappa shape index (κ3) is 5.79. The molecule has 0 bridgehead atoms. The van der Waals surface area contributed by atoms with E-state index >= 15 is 0 Å². The van der Waals surface area contributed by atoms with Crippen LogP contribution in [0.25, 0.3) is 0 Å². The first-order valence-corrected chi connectivity index (χ1v) is 10.5. The number of carbonyl (C=O) groups is 1. The Balaban J connectivity index is 1.46. The van der Waals surface area contributed by atoms with E-state index in [1.807, 2.05) is 29.6 Å². The number of nitrogens with one attached hydrogen (secondary N) is 1. The molecule has 2 atom stereocenters. The number of likely N-dealkylation sites (tertiary alicyclic amines) is 1. The molecule has 1 aromatic heterocycles. The van der Waals surface area contributed by atoms with Crippen LogP contribution in [-0.2, 0) is 11.3 Å². The van der Waals surface area contributed by atoms with Crippen LogP contribution in [0.2, 0.25) is 0 Å². The molecule has 2 heterocycles. The van der Waals surface area contributed by atoms with Crippen molar-refractivity contribution in [3.8, 4) is 5.75 Å². The molecule has 1 N–H and O–H groups in total. The smallest absolute Gasteiger partial charge is 0.264 e. The van der Waals surface area contributed by atoms with E-state index in [1.54, 1.807) is 0 Å². The van der Waals surface area contributed by atoms with Gasteiger partial charge in [-0.2, -0.15) is 0 Å². The number of aromatic nitrogens is 1. The SMILES string of the molecule is CC1CC(C)CN(Cc2csc(NC(=O)COc3ccc(Br)cc3)n2)C1. The highest BCUT2D eigenvalue weighted by atomic mass is 79.9. The van der Waals surface area contributed by atoms with Crippen molar-refractivity contribution in [3.05, 3.63) is 39.8 Å². The zero-order valence-corrected chi connectivity index (χ0v) is 17.5. The highest BCUT2D eigenvalue weighted by Gasteiger charge is 2.22. The van der Waals surface area contributed by atoms with Crippen LogP contribution < -0.4 is 10.1 Å². The molecule has 0 saturated carbocycles. The van der Waals surface area contributed by atoms with Gasteiger partial charge in [0, 0.05) is 29.5 Å². The van der Waals surface area contributed by atoms with E-state index in [0.29, 0.717) is 10.9 Å². The number of anilines is 1. The van der Waals surface area contributed by atoms with Crippen LogP contribution >= 0.6 is 27.3 Å². The number of rotatable bonds is 6. The molecule has 2 aromatic rings. The highest BCUT2D eigenvalue weighted by molar-refractivity contribution is 9.10. The standard InChI is InChI=1S/C19H24BrN3O2S/c1-13-7-14(2)9-23(8-13)10-16-12-26-19(21-16)22-18(24)11-25-17-5-3-15(20)4-6-17/h3-6,12-14H,7-11H2,1-2H3,(H,21,22,24). The van der Waals surface area contributed by atoms with Gasteiger partial charge in [0.25, 0.3) is 5.91 Å². The fourth-order valence-corrected chi connectivity index (χ4v) is 4.40. The molecule has 7 heteroatoms. The molecule has 140 valence electrons. The second-order valence-corrected chi connectivity index (χ2v) is 8.85. The minimum atomic E-state index is -0.200. The number of carbonyl (C=O) groups excluding carboxylic acids is 1. The zero-order valence-electron chi connectivity index (χ0n) is 15.1. The number of nitrogens with zero attached hydrogens (tertiary/aromatic N) is 2. The Labute approximate surface area is 166 Å². The molecule has 1 fully saturated rings. The van der Waals surface area contributed by atoms with E-state index in [4.69, 9.17) is 4.74 Å². The summed E-state index contributed by atoms with van der Waals surface area (Å²) in [7, 11) is 0. The third-order valence-electron chi connectivity index (χ3n) is 4.31. The van der Waals surface area contributed by atoms with Crippen LogP contribution in [0.4, 0.5) is 5.13 Å². The second kappa shape index (κ2) is 8.97. The summed E-state index contributed by atoms with van der Waals surface area (Å²) < 4.78 is 6.46. The number of thiazole rings is 1. The van der Waals surface area contributed by atoms with Crippen LogP contribution in [0.15, 0.2) is 34.1 Å². The topological polar surface area (TPSA) is 54.5 Å². The van der Waals surface area contributed by atoms with E-state index in [2.05, 4.69) is 45.0 Å². The minimum Gasteiger partial charge on any atom is -0.484 e. The molecule has 2 unspecified atom stereocenters. The molecule has 3 rings (SSSR count). The molecule has 1 amide bonds. The lowest BCUT2D eigenvalue weighted by molar-refractivity contribution is -0.118. The van der Waals surface area contributed by atoms with Gasteiger partial charge in [-0.1, -0.05) is 29.8 Å². The summed E-state index contributed by atoms with van der Waals surface area (Å²) in [5.74, 6) is 1.92. The monoisotopic (exact) mass is 437 g/mol.